The second-order valence-electron chi connectivity index (χ2n) is 7.93. The topological polar surface area (TPSA) is 63.8 Å². The third kappa shape index (κ3) is 3.73. The Labute approximate surface area is 167 Å². The molecule has 4 rings (SSSR count). The lowest BCUT2D eigenvalue weighted by Crippen LogP contribution is -2.48. The van der Waals surface area contributed by atoms with Gasteiger partial charge in [-0.15, -0.1) is 0 Å². The molecule has 0 amide bonds. The molecule has 2 heterocycles. The molecular weight excluding hydrogens is 377 g/mol. The fourth-order valence-electron chi connectivity index (χ4n) is 4.07. The molecular formula is C22H23F3N4. The van der Waals surface area contributed by atoms with Crippen molar-refractivity contribution in [3.8, 4) is 11.1 Å². The zero-order valence-electron chi connectivity index (χ0n) is 16.3. The van der Waals surface area contributed by atoms with Gasteiger partial charge in [0, 0.05) is 35.2 Å². The van der Waals surface area contributed by atoms with E-state index in [1.165, 1.54) is 6.20 Å². The summed E-state index contributed by atoms with van der Waals surface area (Å²) < 4.78 is 40.9. The Kier molecular flexibility index (Phi) is 4.84. The molecule has 3 unspecified atom stereocenters. The van der Waals surface area contributed by atoms with Gasteiger partial charge in [-0.25, -0.2) is 4.98 Å². The molecule has 3 aromatic rings. The lowest BCUT2D eigenvalue weighted by atomic mass is 9.70. The van der Waals surface area contributed by atoms with Crippen molar-refractivity contribution in [1.82, 2.24) is 9.97 Å². The first-order valence-corrected chi connectivity index (χ1v) is 9.67. The van der Waals surface area contributed by atoms with E-state index in [0.717, 1.165) is 28.5 Å². The number of nitrogens with two attached hydrogens (primary N) is 1. The summed E-state index contributed by atoms with van der Waals surface area (Å²) in [6, 6.07) is 5.70. The molecule has 7 heteroatoms. The molecule has 0 bridgehead atoms. The van der Waals surface area contributed by atoms with Crippen molar-refractivity contribution in [2.45, 2.75) is 38.9 Å². The number of halogens is 3. The van der Waals surface area contributed by atoms with E-state index in [-0.39, 0.29) is 11.7 Å². The number of alkyl halides is 3. The van der Waals surface area contributed by atoms with Crippen LogP contribution in [-0.4, -0.2) is 22.2 Å². The van der Waals surface area contributed by atoms with E-state index in [4.69, 9.17) is 5.73 Å². The van der Waals surface area contributed by atoms with E-state index in [2.05, 4.69) is 15.3 Å². The number of aromatic nitrogens is 2. The third-order valence-corrected chi connectivity index (χ3v) is 5.99. The van der Waals surface area contributed by atoms with Crippen molar-refractivity contribution in [1.29, 1.82) is 0 Å². The van der Waals surface area contributed by atoms with E-state index in [1.807, 2.05) is 32.0 Å². The average Bonchev–Trinajstić information content (AvgIpc) is 2.65. The monoisotopic (exact) mass is 400 g/mol. The Morgan fingerprint density at radius 3 is 2.59 bits per heavy atom. The van der Waals surface area contributed by atoms with Crippen molar-refractivity contribution in [3.63, 3.8) is 0 Å². The quantitative estimate of drug-likeness (QED) is 0.562. The molecule has 3 atom stereocenters. The van der Waals surface area contributed by atoms with Gasteiger partial charge >= 0.3 is 6.18 Å². The minimum absolute atomic E-state index is 0.0467. The van der Waals surface area contributed by atoms with Gasteiger partial charge in [-0.05, 0) is 66.0 Å². The largest absolute Gasteiger partial charge is 0.408 e. The Morgan fingerprint density at radius 1 is 1.17 bits per heavy atom. The van der Waals surface area contributed by atoms with Crippen LogP contribution in [-0.2, 0) is 0 Å². The number of nitrogens with one attached hydrogen (secondary N) is 1. The SMILES string of the molecule is Cc1ccncc1-c1cc(N)c2cnc(NC(C3CCC3C)C(F)(F)F)cc2c1. The number of benzene rings is 1. The second kappa shape index (κ2) is 7.21. The zero-order chi connectivity index (χ0) is 20.8. The van der Waals surface area contributed by atoms with Crippen LogP contribution in [0, 0.1) is 18.8 Å². The highest BCUT2D eigenvalue weighted by Gasteiger charge is 2.49. The predicted molar refractivity (Wildman–Crippen MR) is 109 cm³/mol. The number of pyridine rings is 2. The van der Waals surface area contributed by atoms with Crippen LogP contribution in [0.3, 0.4) is 0 Å². The molecule has 0 aliphatic heterocycles. The number of hydrogen-bond donors (Lipinski definition) is 2. The minimum atomic E-state index is -4.33. The Balaban J connectivity index is 1.72. The molecule has 1 aliphatic carbocycles. The third-order valence-electron chi connectivity index (χ3n) is 5.99. The second-order valence-corrected chi connectivity index (χ2v) is 7.93. The first-order chi connectivity index (χ1) is 13.7. The van der Waals surface area contributed by atoms with Crippen LogP contribution in [0.25, 0.3) is 21.9 Å². The van der Waals surface area contributed by atoms with Gasteiger partial charge in [0.15, 0.2) is 0 Å². The summed E-state index contributed by atoms with van der Waals surface area (Å²) in [5, 5.41) is 4.09. The maximum atomic E-state index is 13.6. The van der Waals surface area contributed by atoms with Crippen molar-refractivity contribution >= 4 is 22.3 Å². The number of aryl methyl sites for hydroxylation is 1. The molecule has 0 radical (unpaired) electrons. The fraction of sp³-hybridized carbons (Fsp3) is 0.364. The molecule has 1 aromatic carbocycles. The van der Waals surface area contributed by atoms with Crippen molar-refractivity contribution in [3.05, 3.63) is 48.4 Å². The van der Waals surface area contributed by atoms with E-state index >= 15 is 0 Å². The summed E-state index contributed by atoms with van der Waals surface area (Å²) in [6.07, 6.45) is 2.08. The predicted octanol–water partition coefficient (Wildman–Crippen LogP) is 5.58. The van der Waals surface area contributed by atoms with Gasteiger partial charge in [0.2, 0.25) is 0 Å². The number of rotatable bonds is 4. The van der Waals surface area contributed by atoms with Gasteiger partial charge in [0.25, 0.3) is 0 Å². The fourth-order valence-corrected chi connectivity index (χ4v) is 4.07. The van der Waals surface area contributed by atoms with Gasteiger partial charge < -0.3 is 11.1 Å². The summed E-state index contributed by atoms with van der Waals surface area (Å²) in [6.45, 7) is 3.84. The summed E-state index contributed by atoms with van der Waals surface area (Å²) in [5.41, 5.74) is 9.58. The number of nitrogen functional groups attached to an aromatic ring is 1. The lowest BCUT2D eigenvalue weighted by Gasteiger charge is -2.41. The van der Waals surface area contributed by atoms with Crippen LogP contribution in [0.2, 0.25) is 0 Å². The Morgan fingerprint density at radius 2 is 1.97 bits per heavy atom. The molecule has 3 N–H and O–H groups in total. The van der Waals surface area contributed by atoms with E-state index < -0.39 is 18.1 Å². The first-order valence-electron chi connectivity index (χ1n) is 9.67. The van der Waals surface area contributed by atoms with E-state index in [9.17, 15) is 13.2 Å². The maximum absolute atomic E-state index is 13.6. The van der Waals surface area contributed by atoms with Crippen LogP contribution in [0.15, 0.2) is 42.9 Å². The summed E-state index contributed by atoms with van der Waals surface area (Å²) in [5.74, 6) is -0.175. The number of hydrogen-bond acceptors (Lipinski definition) is 4. The van der Waals surface area contributed by atoms with Crippen molar-refractivity contribution in [2.24, 2.45) is 11.8 Å². The van der Waals surface area contributed by atoms with Crippen LogP contribution < -0.4 is 11.1 Å². The molecule has 2 aromatic heterocycles. The molecule has 0 saturated heterocycles. The molecule has 0 spiro atoms. The van der Waals surface area contributed by atoms with Crippen LogP contribution in [0.5, 0.6) is 0 Å². The summed E-state index contributed by atoms with van der Waals surface area (Å²) >= 11 is 0. The minimum Gasteiger partial charge on any atom is -0.398 e. The van der Waals surface area contributed by atoms with Gasteiger partial charge in [0.1, 0.15) is 11.9 Å². The highest BCUT2D eigenvalue weighted by Crippen LogP contribution is 2.43. The highest BCUT2D eigenvalue weighted by atomic mass is 19.4. The van der Waals surface area contributed by atoms with Gasteiger partial charge in [-0.3, -0.25) is 4.98 Å². The van der Waals surface area contributed by atoms with Crippen LogP contribution >= 0.6 is 0 Å². The molecule has 1 fully saturated rings. The van der Waals surface area contributed by atoms with Gasteiger partial charge in [-0.1, -0.05) is 13.3 Å². The van der Waals surface area contributed by atoms with Crippen LogP contribution in [0.1, 0.15) is 25.3 Å². The molecule has 4 nitrogen and oxygen atoms in total. The van der Waals surface area contributed by atoms with Crippen molar-refractivity contribution < 1.29 is 13.2 Å². The Hall–Kier alpha value is -2.83. The standard InChI is InChI=1S/C22H23F3N4/c1-12-3-4-16(12)21(22(23,24)25)29-20-9-15-7-14(8-19(26)18(15)11-28-20)17-10-27-6-5-13(17)2/h5-12,16,21H,3-4,26H2,1-2H3,(H,28,29). The smallest absolute Gasteiger partial charge is 0.398 e. The normalized spacial score (nSPS) is 20.3. The summed E-state index contributed by atoms with van der Waals surface area (Å²) in [4.78, 5) is 8.37. The van der Waals surface area contributed by atoms with E-state index in [0.29, 0.717) is 17.5 Å². The number of fused-ring (bicyclic) bond motifs is 1. The zero-order valence-corrected chi connectivity index (χ0v) is 16.3. The molecule has 1 saturated carbocycles. The van der Waals surface area contributed by atoms with Crippen LogP contribution in [0.4, 0.5) is 24.7 Å². The average molecular weight is 400 g/mol. The van der Waals surface area contributed by atoms with Gasteiger partial charge in [0.05, 0.1) is 0 Å². The molecule has 152 valence electrons. The lowest BCUT2D eigenvalue weighted by molar-refractivity contribution is -0.165. The number of nitrogens with zero attached hydrogens (tertiary/aromatic N) is 2. The summed E-state index contributed by atoms with van der Waals surface area (Å²) in [7, 11) is 0. The highest BCUT2D eigenvalue weighted by molar-refractivity contribution is 5.97. The molecule has 29 heavy (non-hydrogen) atoms. The molecule has 1 aliphatic rings. The van der Waals surface area contributed by atoms with Gasteiger partial charge in [-0.2, -0.15) is 13.2 Å². The van der Waals surface area contributed by atoms with E-state index in [1.54, 1.807) is 18.5 Å². The van der Waals surface area contributed by atoms with Crippen molar-refractivity contribution in [2.75, 3.05) is 11.1 Å². The Bertz CT molecular complexity index is 1050. The first kappa shape index (κ1) is 19.5. The number of anilines is 2. The maximum Gasteiger partial charge on any atom is 0.408 e.